The van der Waals surface area contributed by atoms with E-state index in [9.17, 15) is 0 Å². The lowest BCUT2D eigenvalue weighted by atomic mass is 9.71. The lowest BCUT2D eigenvalue weighted by Gasteiger charge is -2.32. The van der Waals surface area contributed by atoms with Gasteiger partial charge in [-0.25, -0.2) is 0 Å². The molecule has 0 saturated carbocycles. The standard InChI is InChI=1S/C18H28/c1-12(2)10-14-8-9-15-16(11-14)18(6,7)13(3)17(15,4)5/h8-9,11-13H,10H2,1-7H3. The molecular formula is C18H28. The van der Waals surface area contributed by atoms with E-state index in [0.717, 1.165) is 5.92 Å². The number of benzene rings is 1. The van der Waals surface area contributed by atoms with Gasteiger partial charge < -0.3 is 0 Å². The molecule has 0 radical (unpaired) electrons. The highest BCUT2D eigenvalue weighted by molar-refractivity contribution is 5.47. The van der Waals surface area contributed by atoms with Gasteiger partial charge in [0.25, 0.3) is 0 Å². The van der Waals surface area contributed by atoms with E-state index < -0.39 is 0 Å². The van der Waals surface area contributed by atoms with Crippen molar-refractivity contribution in [2.75, 3.05) is 0 Å². The molecular weight excluding hydrogens is 216 g/mol. The van der Waals surface area contributed by atoms with Crippen LogP contribution in [0.4, 0.5) is 0 Å². The first kappa shape index (κ1) is 13.6. The molecule has 2 rings (SSSR count). The average molecular weight is 244 g/mol. The second-order valence-electron chi connectivity index (χ2n) is 7.64. The number of rotatable bonds is 2. The smallest absolute Gasteiger partial charge is 0.00666 e. The van der Waals surface area contributed by atoms with Crippen LogP contribution in [0.15, 0.2) is 18.2 Å². The second-order valence-corrected chi connectivity index (χ2v) is 7.64. The summed E-state index contributed by atoms with van der Waals surface area (Å²) in [6, 6.07) is 7.20. The van der Waals surface area contributed by atoms with Crippen LogP contribution in [0.5, 0.6) is 0 Å². The molecule has 1 aromatic rings. The Balaban J connectivity index is 2.51. The third-order valence-corrected chi connectivity index (χ3v) is 5.28. The summed E-state index contributed by atoms with van der Waals surface area (Å²) in [7, 11) is 0. The molecule has 1 aliphatic rings. The minimum Gasteiger partial charge on any atom is -0.0625 e. The topological polar surface area (TPSA) is 0 Å². The predicted molar refractivity (Wildman–Crippen MR) is 80.2 cm³/mol. The third kappa shape index (κ3) is 1.90. The fraction of sp³-hybridized carbons (Fsp3) is 0.667. The first-order chi connectivity index (χ1) is 8.17. The molecule has 0 spiro atoms. The van der Waals surface area contributed by atoms with Crippen LogP contribution in [-0.4, -0.2) is 0 Å². The molecule has 100 valence electrons. The van der Waals surface area contributed by atoms with Crippen molar-refractivity contribution in [1.82, 2.24) is 0 Å². The van der Waals surface area contributed by atoms with Crippen molar-refractivity contribution in [3.8, 4) is 0 Å². The Hall–Kier alpha value is -0.780. The Morgan fingerprint density at radius 2 is 1.56 bits per heavy atom. The summed E-state index contributed by atoms with van der Waals surface area (Å²) in [5.74, 6) is 1.42. The van der Waals surface area contributed by atoms with Crippen LogP contribution in [0, 0.1) is 11.8 Å². The number of fused-ring (bicyclic) bond motifs is 1. The van der Waals surface area contributed by atoms with Crippen LogP contribution in [0.2, 0.25) is 0 Å². The van der Waals surface area contributed by atoms with Gasteiger partial charge in [0, 0.05) is 0 Å². The SMILES string of the molecule is CC(C)Cc1ccc2c(c1)C(C)(C)C(C)C2(C)C. The monoisotopic (exact) mass is 244 g/mol. The fourth-order valence-electron chi connectivity index (χ4n) is 3.65. The second kappa shape index (κ2) is 4.11. The van der Waals surface area contributed by atoms with Gasteiger partial charge in [-0.15, -0.1) is 0 Å². The highest BCUT2D eigenvalue weighted by atomic mass is 14.5. The molecule has 0 amide bonds. The van der Waals surface area contributed by atoms with Crippen LogP contribution in [0.3, 0.4) is 0 Å². The molecule has 0 heterocycles. The van der Waals surface area contributed by atoms with E-state index in [4.69, 9.17) is 0 Å². The fourth-order valence-corrected chi connectivity index (χ4v) is 3.65. The van der Waals surface area contributed by atoms with E-state index in [0.29, 0.717) is 16.7 Å². The highest BCUT2D eigenvalue weighted by Gasteiger charge is 2.48. The van der Waals surface area contributed by atoms with E-state index in [1.807, 2.05) is 0 Å². The zero-order valence-electron chi connectivity index (χ0n) is 13.1. The van der Waals surface area contributed by atoms with Crippen molar-refractivity contribution in [3.05, 3.63) is 34.9 Å². The first-order valence-electron chi connectivity index (χ1n) is 7.31. The van der Waals surface area contributed by atoms with Crippen LogP contribution >= 0.6 is 0 Å². The van der Waals surface area contributed by atoms with Gasteiger partial charge in [0.1, 0.15) is 0 Å². The van der Waals surface area contributed by atoms with E-state index in [2.05, 4.69) is 66.7 Å². The summed E-state index contributed by atoms with van der Waals surface area (Å²) in [5, 5.41) is 0. The molecule has 18 heavy (non-hydrogen) atoms. The Morgan fingerprint density at radius 3 is 2.11 bits per heavy atom. The van der Waals surface area contributed by atoms with Gasteiger partial charge in [-0.3, -0.25) is 0 Å². The van der Waals surface area contributed by atoms with Crippen LogP contribution in [-0.2, 0) is 17.3 Å². The molecule has 0 nitrogen and oxygen atoms in total. The van der Waals surface area contributed by atoms with Gasteiger partial charge >= 0.3 is 0 Å². The van der Waals surface area contributed by atoms with E-state index in [1.165, 1.54) is 12.0 Å². The molecule has 1 atom stereocenters. The summed E-state index contributed by atoms with van der Waals surface area (Å²) in [6.07, 6.45) is 1.19. The van der Waals surface area contributed by atoms with Crippen molar-refractivity contribution < 1.29 is 0 Å². The highest BCUT2D eigenvalue weighted by Crippen LogP contribution is 2.53. The largest absolute Gasteiger partial charge is 0.0625 e. The molecule has 0 bridgehead atoms. The van der Waals surface area contributed by atoms with Gasteiger partial charge in [0.15, 0.2) is 0 Å². The van der Waals surface area contributed by atoms with Crippen molar-refractivity contribution >= 4 is 0 Å². The quantitative estimate of drug-likeness (QED) is 0.679. The maximum Gasteiger partial charge on any atom is -0.00666 e. The first-order valence-corrected chi connectivity index (χ1v) is 7.31. The lowest BCUT2D eigenvalue weighted by molar-refractivity contribution is 0.264. The lowest BCUT2D eigenvalue weighted by Crippen LogP contribution is -2.30. The minimum atomic E-state index is 0.297. The molecule has 1 aromatic carbocycles. The predicted octanol–water partition coefficient (Wildman–Crippen LogP) is 5.09. The van der Waals surface area contributed by atoms with Gasteiger partial charge in [0.05, 0.1) is 0 Å². The van der Waals surface area contributed by atoms with Gasteiger partial charge in [-0.1, -0.05) is 66.7 Å². The zero-order chi connectivity index (χ0) is 13.7. The normalized spacial score (nSPS) is 24.3. The summed E-state index contributed by atoms with van der Waals surface area (Å²) < 4.78 is 0. The van der Waals surface area contributed by atoms with Gasteiger partial charge in [0.2, 0.25) is 0 Å². The molecule has 0 aliphatic heterocycles. The summed E-state index contributed by atoms with van der Waals surface area (Å²) in [6.45, 7) is 16.6. The maximum absolute atomic E-state index is 2.47. The molecule has 0 fully saturated rings. The molecule has 0 aromatic heterocycles. The molecule has 0 heteroatoms. The van der Waals surface area contributed by atoms with E-state index in [1.54, 1.807) is 11.1 Å². The van der Waals surface area contributed by atoms with Crippen LogP contribution in [0.1, 0.15) is 65.2 Å². The van der Waals surface area contributed by atoms with Crippen molar-refractivity contribution in [1.29, 1.82) is 0 Å². The average Bonchev–Trinajstić information content (AvgIpc) is 2.38. The van der Waals surface area contributed by atoms with Gasteiger partial charge in [-0.2, -0.15) is 0 Å². The maximum atomic E-state index is 2.47. The Bertz CT molecular complexity index is 449. The summed E-state index contributed by atoms with van der Waals surface area (Å²) >= 11 is 0. The summed E-state index contributed by atoms with van der Waals surface area (Å²) in [5.41, 5.74) is 5.24. The molecule has 0 saturated heterocycles. The third-order valence-electron chi connectivity index (χ3n) is 5.28. The molecule has 1 unspecified atom stereocenters. The summed E-state index contributed by atoms with van der Waals surface area (Å²) in [4.78, 5) is 0. The Labute approximate surface area is 113 Å². The van der Waals surface area contributed by atoms with Crippen LogP contribution < -0.4 is 0 Å². The van der Waals surface area contributed by atoms with Crippen molar-refractivity contribution in [2.24, 2.45) is 11.8 Å². The molecule has 0 N–H and O–H groups in total. The Morgan fingerprint density at radius 1 is 1.00 bits per heavy atom. The zero-order valence-corrected chi connectivity index (χ0v) is 13.1. The van der Waals surface area contributed by atoms with E-state index in [-0.39, 0.29) is 0 Å². The minimum absolute atomic E-state index is 0.297. The van der Waals surface area contributed by atoms with E-state index >= 15 is 0 Å². The molecule has 1 aliphatic carbocycles. The van der Waals surface area contributed by atoms with Crippen molar-refractivity contribution in [2.45, 2.75) is 65.7 Å². The number of hydrogen-bond donors (Lipinski definition) is 0. The van der Waals surface area contributed by atoms with Crippen LogP contribution in [0.25, 0.3) is 0 Å². The van der Waals surface area contributed by atoms with Gasteiger partial charge in [-0.05, 0) is 45.8 Å². The number of hydrogen-bond acceptors (Lipinski definition) is 0. The Kier molecular flexibility index (Phi) is 3.12. The van der Waals surface area contributed by atoms with Crippen molar-refractivity contribution in [3.63, 3.8) is 0 Å².